The third-order valence-corrected chi connectivity index (χ3v) is 1.06. The van der Waals surface area contributed by atoms with Gasteiger partial charge in [0.2, 0.25) is 0 Å². The lowest BCUT2D eigenvalue weighted by Crippen LogP contribution is -2.06. The highest BCUT2D eigenvalue weighted by Gasteiger charge is 1.91. The molecule has 0 radical (unpaired) electrons. The number of carbonyl (C=O) groups is 1. The zero-order valence-corrected chi connectivity index (χ0v) is 6.80. The van der Waals surface area contributed by atoms with E-state index in [1.54, 1.807) is 0 Å². The minimum atomic E-state index is -0.882. The van der Waals surface area contributed by atoms with Gasteiger partial charge in [0.05, 0.1) is 19.8 Å². The second-order valence-corrected chi connectivity index (χ2v) is 2.02. The van der Waals surface area contributed by atoms with Crippen molar-refractivity contribution in [2.75, 3.05) is 13.7 Å². The highest BCUT2D eigenvalue weighted by molar-refractivity contribution is 5.82. The van der Waals surface area contributed by atoms with Crippen LogP contribution in [-0.2, 0) is 9.53 Å². The van der Waals surface area contributed by atoms with Gasteiger partial charge < -0.3 is 14.9 Å². The van der Waals surface area contributed by atoms with E-state index in [9.17, 15) is 4.79 Å². The Labute approximate surface area is 70.8 Å². The molecule has 0 saturated carbocycles. The SMILES string of the molecule is COC(=O)/C=C/C=C/[C@@H](O)CO. The third-order valence-electron chi connectivity index (χ3n) is 1.06. The number of rotatable bonds is 4. The van der Waals surface area contributed by atoms with Gasteiger partial charge in [0.15, 0.2) is 0 Å². The number of ether oxygens (including phenoxy) is 1. The molecule has 0 aromatic heterocycles. The fraction of sp³-hybridized carbons (Fsp3) is 0.375. The molecule has 0 aliphatic carbocycles. The van der Waals surface area contributed by atoms with Crippen LogP contribution in [0, 0.1) is 0 Å². The lowest BCUT2D eigenvalue weighted by molar-refractivity contribution is -0.134. The normalized spacial score (nSPS) is 13.9. The zero-order valence-electron chi connectivity index (χ0n) is 6.80. The molecular weight excluding hydrogens is 160 g/mol. The van der Waals surface area contributed by atoms with Gasteiger partial charge in [0.25, 0.3) is 0 Å². The van der Waals surface area contributed by atoms with Gasteiger partial charge in [-0.3, -0.25) is 0 Å². The maximum absolute atomic E-state index is 10.5. The molecule has 0 aromatic rings. The van der Waals surface area contributed by atoms with Gasteiger partial charge in [-0.05, 0) is 0 Å². The summed E-state index contributed by atoms with van der Waals surface area (Å²) < 4.78 is 4.31. The standard InChI is InChI=1S/C8H12O4/c1-12-8(11)5-3-2-4-7(10)6-9/h2-5,7,9-10H,6H2,1H3/b4-2+,5-3+/t7-/m1/s1. The summed E-state index contributed by atoms with van der Waals surface area (Å²) in [6.07, 6.45) is 4.56. The van der Waals surface area contributed by atoms with E-state index in [1.807, 2.05) is 0 Å². The van der Waals surface area contributed by atoms with Crippen LogP contribution in [0.5, 0.6) is 0 Å². The van der Waals surface area contributed by atoms with Crippen LogP contribution < -0.4 is 0 Å². The Morgan fingerprint density at radius 2 is 2.25 bits per heavy atom. The topological polar surface area (TPSA) is 66.8 Å². The predicted molar refractivity (Wildman–Crippen MR) is 43.4 cm³/mol. The summed E-state index contributed by atoms with van der Waals surface area (Å²) in [5, 5.41) is 17.2. The van der Waals surface area contributed by atoms with Gasteiger partial charge in [0, 0.05) is 6.08 Å². The first-order valence-corrected chi connectivity index (χ1v) is 3.42. The van der Waals surface area contributed by atoms with Gasteiger partial charge in [0.1, 0.15) is 0 Å². The second-order valence-electron chi connectivity index (χ2n) is 2.02. The molecule has 4 nitrogen and oxygen atoms in total. The molecule has 0 bridgehead atoms. The number of methoxy groups -OCH3 is 1. The van der Waals surface area contributed by atoms with Gasteiger partial charge >= 0.3 is 5.97 Å². The smallest absolute Gasteiger partial charge is 0.330 e. The summed E-state index contributed by atoms with van der Waals surface area (Å²) >= 11 is 0. The predicted octanol–water partition coefficient (Wildman–Crippen LogP) is -0.375. The van der Waals surface area contributed by atoms with Crippen molar-refractivity contribution in [3.05, 3.63) is 24.3 Å². The molecule has 1 atom stereocenters. The molecule has 12 heavy (non-hydrogen) atoms. The molecule has 68 valence electrons. The monoisotopic (exact) mass is 172 g/mol. The van der Waals surface area contributed by atoms with E-state index < -0.39 is 12.1 Å². The van der Waals surface area contributed by atoms with Crippen molar-refractivity contribution in [1.29, 1.82) is 0 Å². The molecule has 0 heterocycles. The van der Waals surface area contributed by atoms with Gasteiger partial charge in [-0.1, -0.05) is 18.2 Å². The van der Waals surface area contributed by atoms with Gasteiger partial charge in [-0.2, -0.15) is 0 Å². The van der Waals surface area contributed by atoms with Crippen LogP contribution in [0.2, 0.25) is 0 Å². The average molecular weight is 172 g/mol. The number of hydrogen-bond donors (Lipinski definition) is 2. The summed E-state index contributed by atoms with van der Waals surface area (Å²) in [6, 6.07) is 0. The van der Waals surface area contributed by atoms with Crippen molar-refractivity contribution >= 4 is 5.97 Å². The summed E-state index contributed by atoms with van der Waals surface area (Å²) in [7, 11) is 1.28. The van der Waals surface area contributed by atoms with Crippen LogP contribution >= 0.6 is 0 Å². The summed E-state index contributed by atoms with van der Waals surface area (Å²) in [5.41, 5.74) is 0. The van der Waals surface area contributed by atoms with Crippen molar-refractivity contribution in [3.63, 3.8) is 0 Å². The van der Waals surface area contributed by atoms with Crippen molar-refractivity contribution in [1.82, 2.24) is 0 Å². The molecular formula is C8H12O4. The molecule has 4 heteroatoms. The van der Waals surface area contributed by atoms with Crippen LogP contribution in [0.3, 0.4) is 0 Å². The molecule has 0 aliphatic heterocycles. The lowest BCUT2D eigenvalue weighted by Gasteiger charge is -1.95. The Hall–Kier alpha value is -1.13. The van der Waals surface area contributed by atoms with E-state index in [1.165, 1.54) is 31.4 Å². The maximum atomic E-state index is 10.5. The Kier molecular flexibility index (Phi) is 5.95. The molecule has 0 spiro atoms. The first-order valence-electron chi connectivity index (χ1n) is 3.42. The maximum Gasteiger partial charge on any atom is 0.330 e. The third kappa shape index (κ3) is 5.64. The largest absolute Gasteiger partial charge is 0.466 e. The first-order chi connectivity index (χ1) is 5.70. The summed E-state index contributed by atoms with van der Waals surface area (Å²) in [4.78, 5) is 10.5. The number of aliphatic hydroxyl groups excluding tert-OH is 2. The van der Waals surface area contributed by atoms with E-state index in [2.05, 4.69) is 4.74 Å². The number of carbonyl (C=O) groups excluding carboxylic acids is 1. The minimum Gasteiger partial charge on any atom is -0.466 e. The zero-order chi connectivity index (χ0) is 9.40. The Balaban J connectivity index is 3.73. The van der Waals surface area contributed by atoms with Crippen LogP contribution in [0.4, 0.5) is 0 Å². The van der Waals surface area contributed by atoms with Gasteiger partial charge in [-0.15, -0.1) is 0 Å². The number of esters is 1. The van der Waals surface area contributed by atoms with Gasteiger partial charge in [-0.25, -0.2) is 4.79 Å². The van der Waals surface area contributed by atoms with E-state index in [0.29, 0.717) is 0 Å². The van der Waals surface area contributed by atoms with Crippen molar-refractivity contribution in [2.45, 2.75) is 6.10 Å². The Morgan fingerprint density at radius 1 is 1.58 bits per heavy atom. The van der Waals surface area contributed by atoms with Crippen molar-refractivity contribution in [2.24, 2.45) is 0 Å². The molecule has 0 rings (SSSR count). The van der Waals surface area contributed by atoms with E-state index in [4.69, 9.17) is 10.2 Å². The first kappa shape index (κ1) is 10.9. The van der Waals surface area contributed by atoms with Crippen LogP contribution in [-0.4, -0.2) is 36.0 Å². The second kappa shape index (κ2) is 6.57. The highest BCUT2D eigenvalue weighted by atomic mass is 16.5. The fourth-order valence-electron chi connectivity index (χ4n) is 0.455. The Bertz CT molecular complexity index is 183. The highest BCUT2D eigenvalue weighted by Crippen LogP contribution is 1.85. The molecule has 0 aliphatic rings. The molecule has 0 saturated heterocycles. The molecule has 2 N–H and O–H groups in total. The van der Waals surface area contributed by atoms with Crippen molar-refractivity contribution < 1.29 is 19.7 Å². The van der Waals surface area contributed by atoms with E-state index in [-0.39, 0.29) is 6.61 Å². The number of hydrogen-bond acceptors (Lipinski definition) is 4. The van der Waals surface area contributed by atoms with E-state index >= 15 is 0 Å². The fourth-order valence-corrected chi connectivity index (χ4v) is 0.455. The van der Waals surface area contributed by atoms with Crippen LogP contribution in [0.25, 0.3) is 0 Å². The van der Waals surface area contributed by atoms with Crippen LogP contribution in [0.1, 0.15) is 0 Å². The van der Waals surface area contributed by atoms with Crippen LogP contribution in [0.15, 0.2) is 24.3 Å². The lowest BCUT2D eigenvalue weighted by atomic mass is 10.3. The summed E-state index contributed by atoms with van der Waals surface area (Å²) in [6.45, 7) is -0.331. The average Bonchev–Trinajstić information content (AvgIpc) is 2.11. The quantitative estimate of drug-likeness (QED) is 0.345. The molecule has 0 amide bonds. The molecule has 0 unspecified atom stereocenters. The molecule has 0 aromatic carbocycles. The molecule has 0 fully saturated rings. The Morgan fingerprint density at radius 3 is 2.75 bits per heavy atom. The number of allylic oxidation sites excluding steroid dienone is 2. The van der Waals surface area contributed by atoms with Crippen molar-refractivity contribution in [3.8, 4) is 0 Å². The van der Waals surface area contributed by atoms with E-state index in [0.717, 1.165) is 0 Å². The minimum absolute atomic E-state index is 0.331. The number of aliphatic hydroxyl groups is 2. The summed E-state index contributed by atoms with van der Waals surface area (Å²) in [5.74, 6) is -0.460.